The van der Waals surface area contributed by atoms with Crippen molar-refractivity contribution in [1.29, 1.82) is 0 Å². The number of hydrogen-bond acceptors (Lipinski definition) is 4. The fourth-order valence-corrected chi connectivity index (χ4v) is 2.46. The number of benzene rings is 2. The molecule has 0 saturated heterocycles. The molecule has 0 spiro atoms. The van der Waals surface area contributed by atoms with Crippen LogP contribution >= 0.6 is 27.5 Å². The third kappa shape index (κ3) is 2.69. The van der Waals surface area contributed by atoms with E-state index in [1.165, 1.54) is 0 Å². The van der Waals surface area contributed by atoms with Crippen molar-refractivity contribution in [2.75, 3.05) is 5.73 Å². The number of rotatable bonds is 2. The van der Waals surface area contributed by atoms with Gasteiger partial charge in [0.05, 0.1) is 0 Å². The zero-order valence-corrected chi connectivity index (χ0v) is 12.5. The van der Waals surface area contributed by atoms with Gasteiger partial charge < -0.3 is 10.3 Å². The third-order valence-corrected chi connectivity index (χ3v) is 3.39. The molecule has 0 atom stereocenters. The van der Waals surface area contributed by atoms with E-state index in [2.05, 4.69) is 26.1 Å². The molecule has 0 unspecified atom stereocenters. The second-order valence-electron chi connectivity index (χ2n) is 4.21. The van der Waals surface area contributed by atoms with Gasteiger partial charge in [-0.1, -0.05) is 44.8 Å². The summed E-state index contributed by atoms with van der Waals surface area (Å²) in [5, 5.41) is 4.50. The number of nitrogen functional groups attached to an aromatic ring is 1. The van der Waals surface area contributed by atoms with Gasteiger partial charge in [-0.25, -0.2) is 0 Å². The molecule has 0 bridgehead atoms. The van der Waals surface area contributed by atoms with Crippen LogP contribution in [0.15, 0.2) is 51.5 Å². The van der Waals surface area contributed by atoms with Crippen molar-refractivity contribution < 1.29 is 4.52 Å². The van der Waals surface area contributed by atoms with Crippen LogP contribution in [-0.2, 0) is 0 Å². The molecule has 3 aromatic rings. The van der Waals surface area contributed by atoms with E-state index in [0.29, 0.717) is 28.0 Å². The summed E-state index contributed by atoms with van der Waals surface area (Å²) in [7, 11) is 0. The summed E-state index contributed by atoms with van der Waals surface area (Å²) in [6, 6.07) is 12.8. The Morgan fingerprint density at radius 1 is 1.10 bits per heavy atom. The molecule has 0 saturated carbocycles. The molecule has 20 heavy (non-hydrogen) atoms. The van der Waals surface area contributed by atoms with Crippen LogP contribution in [0, 0.1) is 0 Å². The Morgan fingerprint density at radius 3 is 2.70 bits per heavy atom. The Labute approximate surface area is 128 Å². The number of aromatic nitrogens is 2. The zero-order valence-electron chi connectivity index (χ0n) is 10.2. The fraction of sp³-hybridized carbons (Fsp3) is 0. The molecule has 0 aliphatic carbocycles. The van der Waals surface area contributed by atoms with Crippen molar-refractivity contribution in [3.63, 3.8) is 0 Å². The molecular formula is C14H9BrClN3O. The minimum absolute atomic E-state index is 0.383. The molecule has 0 aliphatic heterocycles. The van der Waals surface area contributed by atoms with E-state index in [4.69, 9.17) is 21.9 Å². The van der Waals surface area contributed by atoms with Gasteiger partial charge in [0.25, 0.3) is 5.89 Å². The number of anilines is 1. The first kappa shape index (κ1) is 13.1. The van der Waals surface area contributed by atoms with Crippen LogP contribution in [-0.4, -0.2) is 10.1 Å². The lowest BCUT2D eigenvalue weighted by Gasteiger charge is -1.98. The van der Waals surface area contributed by atoms with Crippen LogP contribution in [0.2, 0.25) is 5.02 Å². The zero-order chi connectivity index (χ0) is 14.1. The second-order valence-corrected chi connectivity index (χ2v) is 5.56. The van der Waals surface area contributed by atoms with Crippen LogP contribution < -0.4 is 5.73 Å². The van der Waals surface area contributed by atoms with E-state index < -0.39 is 0 Å². The highest BCUT2D eigenvalue weighted by Crippen LogP contribution is 2.27. The number of hydrogen-bond donors (Lipinski definition) is 1. The van der Waals surface area contributed by atoms with Crippen LogP contribution in [0.25, 0.3) is 22.8 Å². The van der Waals surface area contributed by atoms with E-state index in [1.807, 2.05) is 24.3 Å². The molecule has 0 radical (unpaired) electrons. The monoisotopic (exact) mass is 349 g/mol. The Hall–Kier alpha value is -1.85. The average Bonchev–Trinajstić information content (AvgIpc) is 2.87. The van der Waals surface area contributed by atoms with Crippen molar-refractivity contribution in [3.05, 3.63) is 52.0 Å². The predicted octanol–water partition coefficient (Wildman–Crippen LogP) is 4.40. The van der Waals surface area contributed by atoms with E-state index in [9.17, 15) is 0 Å². The van der Waals surface area contributed by atoms with Crippen LogP contribution in [0.1, 0.15) is 0 Å². The molecule has 100 valence electrons. The number of nitrogens with zero attached hydrogens (tertiary/aromatic N) is 2. The van der Waals surface area contributed by atoms with Gasteiger partial charge in [-0.05, 0) is 30.3 Å². The van der Waals surface area contributed by atoms with Gasteiger partial charge in [-0.15, -0.1) is 0 Å². The summed E-state index contributed by atoms with van der Waals surface area (Å²) < 4.78 is 6.22. The standard InChI is InChI=1S/C14H9BrClN3O/c15-10-3-1-2-8(4-10)13-18-14(20-19-13)9-5-11(16)7-12(17)6-9/h1-7H,17H2. The number of halogens is 2. The molecule has 1 heterocycles. The summed E-state index contributed by atoms with van der Waals surface area (Å²) in [6.07, 6.45) is 0. The summed E-state index contributed by atoms with van der Waals surface area (Å²) in [6.45, 7) is 0. The smallest absolute Gasteiger partial charge is 0.258 e. The van der Waals surface area contributed by atoms with Crippen molar-refractivity contribution in [2.45, 2.75) is 0 Å². The first-order valence-corrected chi connectivity index (χ1v) is 6.95. The van der Waals surface area contributed by atoms with Gasteiger partial charge in [0, 0.05) is 26.3 Å². The van der Waals surface area contributed by atoms with Crippen molar-refractivity contribution in [3.8, 4) is 22.8 Å². The predicted molar refractivity (Wildman–Crippen MR) is 82.3 cm³/mol. The van der Waals surface area contributed by atoms with E-state index >= 15 is 0 Å². The molecule has 0 fully saturated rings. The van der Waals surface area contributed by atoms with Gasteiger partial charge in [0.1, 0.15) is 0 Å². The first-order chi connectivity index (χ1) is 9.61. The molecule has 0 aliphatic rings. The maximum atomic E-state index is 5.97. The van der Waals surface area contributed by atoms with Gasteiger partial charge in [-0.3, -0.25) is 0 Å². The molecule has 4 nitrogen and oxygen atoms in total. The van der Waals surface area contributed by atoms with Crippen molar-refractivity contribution in [2.24, 2.45) is 0 Å². The molecule has 2 aromatic carbocycles. The normalized spacial score (nSPS) is 10.7. The lowest BCUT2D eigenvalue weighted by molar-refractivity contribution is 0.432. The average molecular weight is 351 g/mol. The molecule has 0 amide bonds. The Bertz CT molecular complexity index is 752. The van der Waals surface area contributed by atoms with E-state index in [0.717, 1.165) is 10.0 Å². The summed E-state index contributed by atoms with van der Waals surface area (Å²) in [5.41, 5.74) is 7.87. The quantitative estimate of drug-likeness (QED) is 0.696. The Balaban J connectivity index is 2.02. The topological polar surface area (TPSA) is 64.9 Å². The van der Waals surface area contributed by atoms with E-state index in [1.54, 1.807) is 18.2 Å². The van der Waals surface area contributed by atoms with Crippen molar-refractivity contribution in [1.82, 2.24) is 10.1 Å². The molecular weight excluding hydrogens is 342 g/mol. The van der Waals surface area contributed by atoms with Gasteiger partial charge in [0.15, 0.2) is 0 Å². The Kier molecular flexibility index (Phi) is 3.46. The molecule has 3 rings (SSSR count). The summed E-state index contributed by atoms with van der Waals surface area (Å²) in [5.74, 6) is 0.897. The van der Waals surface area contributed by atoms with Crippen molar-refractivity contribution >= 4 is 33.2 Å². The SMILES string of the molecule is Nc1cc(Cl)cc(-c2nc(-c3cccc(Br)c3)no2)c1. The van der Waals surface area contributed by atoms with Gasteiger partial charge in [-0.2, -0.15) is 4.98 Å². The lowest BCUT2D eigenvalue weighted by Crippen LogP contribution is -1.86. The van der Waals surface area contributed by atoms with Crippen LogP contribution in [0.4, 0.5) is 5.69 Å². The largest absolute Gasteiger partial charge is 0.399 e. The lowest BCUT2D eigenvalue weighted by atomic mass is 10.2. The van der Waals surface area contributed by atoms with Crippen LogP contribution in [0.3, 0.4) is 0 Å². The highest BCUT2D eigenvalue weighted by molar-refractivity contribution is 9.10. The third-order valence-electron chi connectivity index (χ3n) is 2.68. The highest BCUT2D eigenvalue weighted by Gasteiger charge is 2.11. The first-order valence-electron chi connectivity index (χ1n) is 5.78. The summed E-state index contributed by atoms with van der Waals surface area (Å²) in [4.78, 5) is 4.36. The molecule has 2 N–H and O–H groups in total. The van der Waals surface area contributed by atoms with E-state index in [-0.39, 0.29) is 0 Å². The maximum absolute atomic E-state index is 5.97. The highest BCUT2D eigenvalue weighted by atomic mass is 79.9. The number of nitrogens with two attached hydrogens (primary N) is 1. The van der Waals surface area contributed by atoms with Crippen LogP contribution in [0.5, 0.6) is 0 Å². The van der Waals surface area contributed by atoms with Gasteiger partial charge >= 0.3 is 0 Å². The molecule has 1 aromatic heterocycles. The second kappa shape index (κ2) is 5.26. The molecule has 6 heteroatoms. The minimum Gasteiger partial charge on any atom is -0.399 e. The van der Waals surface area contributed by atoms with Gasteiger partial charge in [0.2, 0.25) is 5.82 Å². The fourth-order valence-electron chi connectivity index (χ4n) is 1.82. The summed E-state index contributed by atoms with van der Waals surface area (Å²) >= 11 is 9.38. The maximum Gasteiger partial charge on any atom is 0.258 e. The minimum atomic E-state index is 0.383. The Morgan fingerprint density at radius 2 is 1.95 bits per heavy atom.